The summed E-state index contributed by atoms with van der Waals surface area (Å²) in [5.41, 5.74) is 11.5. The Kier molecular flexibility index (Phi) is 35.0. The number of rotatable bonds is 37. The normalized spacial score (nSPS) is 19.0. The van der Waals surface area contributed by atoms with Gasteiger partial charge in [-0.3, -0.25) is 62.8 Å². The minimum atomic E-state index is -4.14. The Labute approximate surface area is 469 Å². The van der Waals surface area contributed by atoms with E-state index in [1.807, 2.05) is 0 Å². The van der Waals surface area contributed by atoms with Gasteiger partial charge < -0.3 is 87.3 Å². The van der Waals surface area contributed by atoms with E-state index >= 15 is 0 Å². The first-order valence-electron chi connectivity index (χ1n) is 26.8. The number of carboxylic acid groups (broad SMARTS) is 1. The van der Waals surface area contributed by atoms with Crippen LogP contribution in [0.1, 0.15) is 96.5 Å². The molecule has 0 saturated carbocycles. The molecule has 81 heavy (non-hydrogen) atoms. The highest BCUT2D eigenvalue weighted by Crippen LogP contribution is 2.42. The number of benzene rings is 1. The fraction of sp³-hybridized carbons (Fsp3) is 0.660. The van der Waals surface area contributed by atoms with E-state index in [1.165, 1.54) is 0 Å². The van der Waals surface area contributed by atoms with E-state index in [0.717, 1.165) is 0 Å². The van der Waals surface area contributed by atoms with E-state index in [1.54, 1.807) is 44.2 Å². The zero-order valence-corrected chi connectivity index (χ0v) is 46.8. The zero-order valence-electron chi connectivity index (χ0n) is 46.0. The van der Waals surface area contributed by atoms with Gasteiger partial charge in [0.25, 0.3) is 0 Å². The minimum Gasteiger partial charge on any atom is -0.481 e. The molecule has 0 spiro atoms. The van der Waals surface area contributed by atoms with Gasteiger partial charge in [-0.15, -0.1) is 0 Å². The molecule has 1 aromatic carbocycles. The molecule has 7 atom stereocenters. The zero-order chi connectivity index (χ0) is 60.0. The third-order valence-electron chi connectivity index (χ3n) is 11.7. The van der Waals surface area contributed by atoms with Gasteiger partial charge >= 0.3 is 25.5 Å². The predicted molar refractivity (Wildman–Crippen MR) is 289 cm³/mol. The maximum Gasteiger partial charge on any atom is 0.328 e. The monoisotopic (exact) mass is 1170 g/mol. The Hall–Kier alpha value is -6.82. The number of nitrogens with two attached hydrogens (primary N) is 2. The van der Waals surface area contributed by atoms with Crippen LogP contribution in [-0.2, 0) is 82.4 Å². The third kappa shape index (κ3) is 33.5. The molecule has 7 amide bonds. The number of nitrogens with one attached hydrogen (secondary N) is 8. The fourth-order valence-corrected chi connectivity index (χ4v) is 8.48. The highest BCUT2D eigenvalue weighted by molar-refractivity contribution is 7.52. The summed E-state index contributed by atoms with van der Waals surface area (Å²) in [5.74, 6) is -7.08. The first-order chi connectivity index (χ1) is 38.6. The van der Waals surface area contributed by atoms with Crippen molar-refractivity contribution in [2.24, 2.45) is 16.5 Å². The largest absolute Gasteiger partial charge is 0.481 e. The number of carboxylic acids is 1. The number of carbonyl (C=O) groups is 10. The lowest BCUT2D eigenvalue weighted by Crippen LogP contribution is -2.58. The molecule has 1 aliphatic rings. The standard InChI is InChI=1S/C50H82N11O19P/c1-3-44(68)78-32-34(80-45(69)4-2)18-28-81(74,75)79-25-22-55-40(63)16-15-39(62)54-21-24-77-27-26-76-23-17-41(64)53-19-9-8-13-36-47(71)59-35(14-10-20-56-50(51)52)46(70)57-31-42(65)58-38(30-43(66)67)49(73)61-37(48(72)60-36)29-33-11-6-5-7-12-33/h5-7,11-12,34-38,42,58,65H,3-4,8-10,13-32H2,1-2H3,(H,53,64)(H,54,62)(H,55,63)(H,57,70)(H,59,71)(H,60,72)(H,61,73)(H,66,67)(H,74,75)(H4,51,52,56)/t34-,35-,36-,37+,38-,42+/m0/s1. The summed E-state index contributed by atoms with van der Waals surface area (Å²) < 4.78 is 38.6. The van der Waals surface area contributed by atoms with Gasteiger partial charge in [-0.1, -0.05) is 44.2 Å². The predicted octanol–water partition coefficient (Wildman–Crippen LogP) is -2.79. The Morgan fingerprint density at radius 3 is 1.93 bits per heavy atom. The summed E-state index contributed by atoms with van der Waals surface area (Å²) in [6.45, 7) is 2.94. The maximum atomic E-state index is 14.0. The smallest absolute Gasteiger partial charge is 0.328 e. The van der Waals surface area contributed by atoms with Crippen LogP contribution in [0.4, 0.5) is 0 Å². The molecule has 31 heteroatoms. The van der Waals surface area contributed by atoms with Crippen LogP contribution in [0.25, 0.3) is 0 Å². The number of carbonyl (C=O) groups excluding carboxylic acids is 9. The Morgan fingerprint density at radius 1 is 0.716 bits per heavy atom. The maximum absolute atomic E-state index is 14.0. The fourth-order valence-electron chi connectivity index (χ4n) is 7.36. The number of esters is 2. The van der Waals surface area contributed by atoms with Gasteiger partial charge in [-0.05, 0) is 44.1 Å². The lowest BCUT2D eigenvalue weighted by molar-refractivity contribution is -0.158. The Morgan fingerprint density at radius 2 is 1.28 bits per heavy atom. The van der Waals surface area contributed by atoms with Crippen molar-refractivity contribution < 1.29 is 91.1 Å². The van der Waals surface area contributed by atoms with Gasteiger partial charge in [0, 0.05) is 64.7 Å². The molecular weight excluding hydrogens is 1090 g/mol. The Bertz CT molecular complexity index is 2240. The molecule has 30 nitrogen and oxygen atoms in total. The van der Waals surface area contributed by atoms with Crippen LogP contribution in [-0.4, -0.2) is 195 Å². The quantitative estimate of drug-likeness (QED) is 0.0105. The van der Waals surface area contributed by atoms with Crippen molar-refractivity contribution in [3.05, 3.63) is 35.9 Å². The summed E-state index contributed by atoms with van der Waals surface area (Å²) in [6, 6.07) is 3.30. The lowest BCUT2D eigenvalue weighted by Gasteiger charge is -2.26. The van der Waals surface area contributed by atoms with Crippen molar-refractivity contribution in [3.8, 4) is 0 Å². The first kappa shape index (κ1) is 70.3. The second-order valence-electron chi connectivity index (χ2n) is 18.4. The number of guanidine groups is 1. The molecule has 1 aromatic rings. The molecule has 15 N–H and O–H groups in total. The first-order valence-corrected chi connectivity index (χ1v) is 28.6. The van der Waals surface area contributed by atoms with E-state index in [4.69, 9.17) is 34.9 Å². The number of aliphatic carboxylic acids is 1. The second-order valence-corrected chi connectivity index (χ2v) is 20.4. The number of hydrogen-bond acceptors (Lipinski definition) is 19. The van der Waals surface area contributed by atoms with Crippen molar-refractivity contribution in [2.45, 2.75) is 134 Å². The molecule has 0 bridgehead atoms. The molecule has 1 heterocycles. The van der Waals surface area contributed by atoms with Crippen LogP contribution in [0.2, 0.25) is 0 Å². The summed E-state index contributed by atoms with van der Waals surface area (Å²) in [4.78, 5) is 141. The van der Waals surface area contributed by atoms with Gasteiger partial charge in [-0.2, -0.15) is 0 Å². The highest BCUT2D eigenvalue weighted by Gasteiger charge is 2.33. The molecule has 0 aliphatic carbocycles. The van der Waals surface area contributed by atoms with Crippen LogP contribution in [0, 0.1) is 0 Å². The van der Waals surface area contributed by atoms with Crippen LogP contribution in [0.3, 0.4) is 0 Å². The van der Waals surface area contributed by atoms with Crippen molar-refractivity contribution in [3.63, 3.8) is 0 Å². The number of aliphatic hydroxyl groups excluding tert-OH is 1. The number of amides is 7. The molecule has 1 unspecified atom stereocenters. The van der Waals surface area contributed by atoms with Crippen LogP contribution >= 0.6 is 7.60 Å². The molecule has 2 rings (SSSR count). The van der Waals surface area contributed by atoms with E-state index in [9.17, 15) is 67.6 Å². The van der Waals surface area contributed by atoms with Gasteiger partial charge in [0.15, 0.2) is 5.96 Å². The van der Waals surface area contributed by atoms with E-state index in [-0.39, 0.29) is 142 Å². The molecular formula is C50H82N11O19P. The summed E-state index contributed by atoms with van der Waals surface area (Å²) in [5, 5.41) is 41.0. The van der Waals surface area contributed by atoms with Gasteiger partial charge in [0.05, 0.1) is 58.2 Å². The molecule has 456 valence electrons. The van der Waals surface area contributed by atoms with Crippen molar-refractivity contribution in [1.29, 1.82) is 0 Å². The summed E-state index contributed by atoms with van der Waals surface area (Å²) >= 11 is 0. The van der Waals surface area contributed by atoms with Crippen LogP contribution in [0.15, 0.2) is 35.3 Å². The van der Waals surface area contributed by atoms with Gasteiger partial charge in [-0.25, -0.2) is 0 Å². The number of aliphatic hydroxyl groups is 1. The van der Waals surface area contributed by atoms with Crippen molar-refractivity contribution in [1.82, 2.24) is 42.5 Å². The third-order valence-corrected chi connectivity index (χ3v) is 13.1. The minimum absolute atomic E-state index is 0.0146. The molecule has 1 fully saturated rings. The molecule has 0 aromatic heterocycles. The van der Waals surface area contributed by atoms with Crippen LogP contribution in [0.5, 0.6) is 0 Å². The number of β-amino-alcohol motifs (C(OH)–C–C–N with tert-alkyl or cyclic N) is 1. The van der Waals surface area contributed by atoms with Crippen molar-refractivity contribution >= 4 is 72.8 Å². The highest BCUT2D eigenvalue weighted by atomic mass is 31.2. The number of unbranched alkanes of at least 4 members (excludes halogenated alkanes) is 1. The molecule has 0 radical (unpaired) electrons. The lowest BCUT2D eigenvalue weighted by atomic mass is 10.0. The number of ether oxygens (including phenoxy) is 4. The van der Waals surface area contributed by atoms with E-state index in [2.05, 4.69) is 47.5 Å². The van der Waals surface area contributed by atoms with E-state index in [0.29, 0.717) is 18.4 Å². The SMILES string of the molecule is CCC(=O)OC[C@H](CCP(=O)(O)OCCNC(=O)CCC(=O)NCCOCCOCCC(=O)NCCCC[C@@H]1NC(=O)[C@@H](Cc2ccccc2)NC(=O)[C@H](CC(=O)O)N[C@H](O)CNC(=O)[C@H](CCCN=C(N)N)NC1=O)OC(=O)CC. The number of hydrogen-bond donors (Lipinski definition) is 13. The van der Waals surface area contributed by atoms with Gasteiger partial charge in [0.1, 0.15) is 37.1 Å². The number of aliphatic imine (C=N–C) groups is 1. The average Bonchev–Trinajstić information content (AvgIpc) is 3.44. The van der Waals surface area contributed by atoms with E-state index < -0.39 is 117 Å². The molecule has 1 aliphatic heterocycles. The topological polar surface area (TPSA) is 455 Å². The van der Waals surface area contributed by atoms with Gasteiger partial charge in [0.2, 0.25) is 41.4 Å². The van der Waals surface area contributed by atoms with Crippen molar-refractivity contribution in [2.75, 3.05) is 78.5 Å². The molecule has 1 saturated heterocycles. The average molecular weight is 1170 g/mol. The van der Waals surface area contributed by atoms with Crippen LogP contribution < -0.4 is 54.0 Å². The summed E-state index contributed by atoms with van der Waals surface area (Å²) in [7, 11) is -4.14. The Balaban J connectivity index is 1.78. The number of nitrogens with zero attached hydrogens (tertiary/aromatic N) is 1. The second kappa shape index (κ2) is 40.4. The summed E-state index contributed by atoms with van der Waals surface area (Å²) in [6.07, 6.45) is -3.07.